The Morgan fingerprint density at radius 3 is 1.36 bits per heavy atom. The van der Waals surface area contributed by atoms with Gasteiger partial charge in [0.2, 0.25) is 5.91 Å². The van der Waals surface area contributed by atoms with E-state index in [4.69, 9.17) is 53.0 Å². The van der Waals surface area contributed by atoms with Gasteiger partial charge in [0.25, 0.3) is 0 Å². The molecule has 0 radical (unpaired) electrons. The number of amides is 1. The van der Waals surface area contributed by atoms with Crippen molar-refractivity contribution in [3.05, 3.63) is 150 Å². The normalized spacial score (nSPS) is 10.7. The Bertz CT molecular complexity index is 4170. The number of ketones is 3. The number of Topliss-reactive ketones (excluding diaryl/α,β-unsaturated/α-hetero) is 3. The smallest absolute Gasteiger partial charge is 0.242 e. The lowest BCUT2D eigenvalue weighted by Gasteiger charge is -2.10. The van der Waals surface area contributed by atoms with E-state index in [0.717, 1.165) is 66.9 Å². The van der Waals surface area contributed by atoms with Gasteiger partial charge in [-0.25, -0.2) is 64.4 Å². The summed E-state index contributed by atoms with van der Waals surface area (Å²) in [5.41, 5.74) is 15.1. The van der Waals surface area contributed by atoms with Crippen LogP contribution in [0.25, 0.3) is 39.5 Å². The maximum atomic E-state index is 10.9. The molecule has 0 aliphatic carbocycles. The number of benzene rings is 2. The number of aromatic nitrogens is 15. The lowest BCUT2D eigenvalue weighted by atomic mass is 10.1. The molecule has 8 heterocycles. The first-order valence-electron chi connectivity index (χ1n) is 29.2. The van der Waals surface area contributed by atoms with E-state index in [-0.39, 0.29) is 30.7 Å². The molecule has 0 spiro atoms. The van der Waals surface area contributed by atoms with Crippen molar-refractivity contribution in [2.75, 3.05) is 79.6 Å². The summed E-state index contributed by atoms with van der Waals surface area (Å²) in [7, 11) is 9.43. The summed E-state index contributed by atoms with van der Waals surface area (Å²) in [5, 5.41) is 16.0. The summed E-state index contributed by atoms with van der Waals surface area (Å²) in [6, 6.07) is 27.5. The molecule has 10 aromatic rings. The topological polar surface area (TPSA) is 329 Å². The number of carbonyl (C=O) groups is 4. The number of rotatable bonds is 19. The molecule has 8 aromatic heterocycles. The predicted molar refractivity (Wildman–Crippen MR) is 399 cm³/mol. The third kappa shape index (κ3) is 27.8. The number of hydrogen-bond donors (Lipinski definition) is 1. The number of hydrogen-bond acceptors (Lipinski definition) is 29. The average molecular weight is 1500 g/mol. The number of carbonyl (C=O) groups excluding carboxylic acids is 4. The molecule has 2 unspecified atom stereocenters. The Kier molecular flexibility index (Phi) is 38.6. The van der Waals surface area contributed by atoms with E-state index in [9.17, 15) is 19.2 Å². The van der Waals surface area contributed by atoms with Gasteiger partial charge in [-0.05, 0) is 157 Å². The number of imidazole rings is 1. The molecule has 2 atom stereocenters. The van der Waals surface area contributed by atoms with Crippen LogP contribution in [0.4, 0.5) is 5.82 Å². The Hall–Kier alpha value is -8.69. The molecule has 0 fully saturated rings. The predicted octanol–water partition coefficient (Wildman–Crippen LogP) is 13.3. The third-order valence-corrected chi connectivity index (χ3v) is 16.5. The fourth-order valence-electron chi connectivity index (χ4n) is 7.63. The van der Waals surface area contributed by atoms with E-state index < -0.39 is 10.8 Å². The van der Waals surface area contributed by atoms with Gasteiger partial charge in [-0.2, -0.15) is 5.10 Å². The van der Waals surface area contributed by atoms with Crippen molar-refractivity contribution in [2.24, 2.45) is 0 Å². The van der Waals surface area contributed by atoms with Gasteiger partial charge in [0.1, 0.15) is 28.0 Å². The zero-order valence-corrected chi connectivity index (χ0v) is 63.2. The van der Waals surface area contributed by atoms with Gasteiger partial charge in [-0.3, -0.25) is 24.0 Å². The molecule has 26 nitrogen and oxygen atoms in total. The molecule has 0 saturated carbocycles. The third-order valence-electron chi connectivity index (χ3n) is 12.6. The Morgan fingerprint density at radius 2 is 0.950 bits per heavy atom. The van der Waals surface area contributed by atoms with Crippen LogP contribution in [-0.2, 0) is 30.4 Å². The molecule has 2 aromatic carbocycles. The minimum Gasteiger partial charge on any atom is -0.493 e. The highest BCUT2D eigenvalue weighted by atomic mass is 35.5. The number of alkyl halides is 2. The summed E-state index contributed by atoms with van der Waals surface area (Å²) in [5.74, 6) is 2.89. The maximum Gasteiger partial charge on any atom is 0.242 e. The van der Waals surface area contributed by atoms with Crippen LogP contribution in [0.1, 0.15) is 74.3 Å². The zero-order valence-electron chi connectivity index (χ0n) is 57.6. The van der Waals surface area contributed by atoms with Gasteiger partial charge in [-0.1, -0.05) is 66.2 Å². The minimum absolute atomic E-state index is 0. The molecule has 100 heavy (non-hydrogen) atoms. The summed E-state index contributed by atoms with van der Waals surface area (Å²) >= 11 is 19.0. The van der Waals surface area contributed by atoms with E-state index in [0.29, 0.717) is 67.3 Å². The van der Waals surface area contributed by atoms with Crippen LogP contribution in [0.3, 0.4) is 0 Å². The standard InChI is InChI=1S/C20H19N5O2S.C12H13N3O2.2C8H9ClN2OS.C8H10N2OS.C6H8N2S.C4H9NO2.CH4/c1-12-19(15-9-10-21-20(23-15)28-4)25-18(22-12)8-6-14(24-25)13-5-7-16(26-2)17(11-13)27-3;1-16-10-5-3-8(7-11(10)17-2)9-4-6-12(13)15-14-9;2*1-5(12)7(9)6-3-4-10-8(11-6)13-2;1-6(11)5-7-3-4-9-8(10-7)12-2;1-5-3-4-7-6(8-5)9-2;1-4(6)5(2)7-3;/h5-11H,1-4H3;3-7H,1-2H3,(H2,13,15);2*3-4,7H,1-2H3;3-4H,5H2,1-2H3;3-4H,1-2H3;1-3H3;1H4. The van der Waals surface area contributed by atoms with Gasteiger partial charge in [0.15, 0.2) is 66.0 Å². The average Bonchev–Trinajstić information content (AvgIpc) is 1.61. The van der Waals surface area contributed by atoms with Gasteiger partial charge < -0.3 is 24.7 Å². The highest BCUT2D eigenvalue weighted by molar-refractivity contribution is 7.99. The molecule has 2 N–H and O–H groups in total. The van der Waals surface area contributed by atoms with E-state index in [1.165, 1.54) is 74.9 Å². The quantitative estimate of drug-likeness (QED) is 0.0340. The molecule has 33 heteroatoms. The van der Waals surface area contributed by atoms with Gasteiger partial charge in [-0.15, -0.1) is 33.4 Å². The largest absolute Gasteiger partial charge is 0.493 e. The molecule has 0 aliphatic heterocycles. The SMILES string of the molecule is C.CON(C)C(C)=O.COc1ccc(-c2ccc(N)nn2)cc1OC.COc1ccc(-c2ccc3nc(C)c(-c4ccnc(SC)n4)n3n2)cc1OC.CSc1nccc(C(Cl)C(C)=O)n1.CSc1nccc(C(Cl)C(C)=O)n1.CSc1nccc(C)n1.CSc1nccc(CC(C)=O)n1. The first-order valence-corrected chi connectivity index (χ1v) is 36.2. The number of nitrogens with zero attached hydrogens (tertiary/aromatic N) is 16. The summed E-state index contributed by atoms with van der Waals surface area (Å²) < 4.78 is 23.0. The lowest BCUT2D eigenvalue weighted by molar-refractivity contribution is -0.165. The van der Waals surface area contributed by atoms with E-state index in [2.05, 4.69) is 69.9 Å². The van der Waals surface area contributed by atoms with E-state index in [1.54, 1.807) is 109 Å². The van der Waals surface area contributed by atoms with Crippen molar-refractivity contribution >= 4 is 117 Å². The highest BCUT2D eigenvalue weighted by Gasteiger charge is 2.19. The number of hydroxylamine groups is 2. The monoisotopic (exact) mass is 1500 g/mol. The first-order chi connectivity index (χ1) is 47.4. The lowest BCUT2D eigenvalue weighted by Crippen LogP contribution is -2.21. The van der Waals surface area contributed by atoms with Gasteiger partial charge in [0.05, 0.1) is 75.4 Å². The first kappa shape index (κ1) is 85.5. The van der Waals surface area contributed by atoms with E-state index in [1.807, 2.05) is 116 Å². The number of methoxy groups -OCH3 is 4. The van der Waals surface area contributed by atoms with Crippen molar-refractivity contribution in [1.82, 2.24) is 79.7 Å². The summed E-state index contributed by atoms with van der Waals surface area (Å²) in [6.45, 7) is 9.80. The summed E-state index contributed by atoms with van der Waals surface area (Å²) in [4.78, 5) is 93.3. The van der Waals surface area contributed by atoms with Crippen LogP contribution in [0, 0.1) is 13.8 Å². The van der Waals surface area contributed by atoms with Crippen molar-refractivity contribution in [2.45, 2.75) is 91.9 Å². The van der Waals surface area contributed by atoms with Crippen LogP contribution in [-0.4, -0.2) is 177 Å². The van der Waals surface area contributed by atoms with Gasteiger partial charge >= 0.3 is 0 Å². The van der Waals surface area contributed by atoms with E-state index >= 15 is 0 Å². The number of fused-ring (bicyclic) bond motifs is 1. The van der Waals surface area contributed by atoms with Crippen LogP contribution < -0.4 is 24.7 Å². The molecule has 1 amide bonds. The molecular weight excluding hydrogens is 1420 g/mol. The number of anilines is 1. The molecule has 0 bridgehead atoms. The number of nitrogens with two attached hydrogens (primary N) is 1. The highest BCUT2D eigenvalue weighted by Crippen LogP contribution is 2.34. The molecule has 10 rings (SSSR count). The van der Waals surface area contributed by atoms with Crippen molar-refractivity contribution in [3.63, 3.8) is 0 Å². The van der Waals surface area contributed by atoms with Crippen LogP contribution >= 0.6 is 82.0 Å². The van der Waals surface area contributed by atoms with Crippen LogP contribution in [0.5, 0.6) is 23.0 Å². The molecule has 0 aliphatic rings. The molecule has 532 valence electrons. The number of nitrogen functional groups attached to an aromatic ring is 1. The molecular formula is C67H81Cl2N17O9S5. The Balaban J connectivity index is 0.000000318. The second-order valence-electron chi connectivity index (χ2n) is 19.6. The summed E-state index contributed by atoms with van der Waals surface area (Å²) in [6.07, 6.45) is 18.4. The number of halogens is 2. The fourth-order valence-corrected chi connectivity index (χ4v) is 9.74. The second kappa shape index (κ2) is 45.2. The zero-order chi connectivity index (χ0) is 73.1. The van der Waals surface area contributed by atoms with Gasteiger partial charge in [0, 0.05) is 68.2 Å². The second-order valence-corrected chi connectivity index (χ2v) is 24.4. The number of ether oxygens (including phenoxy) is 4. The maximum absolute atomic E-state index is 10.9. The minimum atomic E-state index is -0.658. The number of thioether (sulfide) groups is 5. The number of aryl methyl sites for hydroxylation is 2. The van der Waals surface area contributed by atoms with Crippen molar-refractivity contribution < 1.29 is 43.0 Å². The fraction of sp³-hybridized carbons (Fsp3) is 0.313. The Labute approximate surface area is 614 Å². The van der Waals surface area contributed by atoms with Crippen molar-refractivity contribution in [3.8, 4) is 56.9 Å². The Morgan fingerprint density at radius 1 is 0.510 bits per heavy atom. The van der Waals surface area contributed by atoms with Crippen molar-refractivity contribution in [1.29, 1.82) is 0 Å². The van der Waals surface area contributed by atoms with Crippen LogP contribution in [0.2, 0.25) is 0 Å². The molecule has 0 saturated heterocycles. The van der Waals surface area contributed by atoms with Crippen LogP contribution in [0.15, 0.2) is 148 Å².